The van der Waals surface area contributed by atoms with Crippen molar-refractivity contribution < 1.29 is 13.2 Å². The Morgan fingerprint density at radius 3 is 2.81 bits per heavy atom. The molecular formula is C14H21ClN2O3S. The van der Waals surface area contributed by atoms with Gasteiger partial charge in [-0.15, -0.1) is 0 Å². The molecule has 1 heterocycles. The largest absolute Gasteiger partial charge is 0.380 e. The number of hydrogen-bond donors (Lipinski definition) is 2. The molecule has 0 bridgehead atoms. The van der Waals surface area contributed by atoms with E-state index in [2.05, 4.69) is 10.0 Å². The lowest BCUT2D eigenvalue weighted by atomic mass is 10.1. The summed E-state index contributed by atoms with van der Waals surface area (Å²) in [6, 6.07) is 3.12. The molecule has 1 fully saturated rings. The van der Waals surface area contributed by atoms with Crippen LogP contribution in [0, 0.1) is 6.92 Å². The standard InChI is InChI=1S/C14H21ClN2O3S/c1-10-11(8-16-2)6-12(15)7-14(10)21(18,19)17-13-4-3-5-20-9-13/h6-7,13,16-17H,3-5,8-9H2,1-2H3. The smallest absolute Gasteiger partial charge is 0.241 e. The van der Waals surface area contributed by atoms with Gasteiger partial charge in [0.25, 0.3) is 0 Å². The van der Waals surface area contributed by atoms with E-state index in [1.807, 2.05) is 7.05 Å². The molecule has 1 aliphatic rings. The van der Waals surface area contributed by atoms with E-state index in [9.17, 15) is 8.42 Å². The first-order valence-corrected chi connectivity index (χ1v) is 8.84. The van der Waals surface area contributed by atoms with E-state index in [1.54, 1.807) is 13.0 Å². The Bertz CT molecular complexity index is 598. The molecule has 0 aliphatic carbocycles. The van der Waals surface area contributed by atoms with Crippen molar-refractivity contribution in [2.24, 2.45) is 0 Å². The fraction of sp³-hybridized carbons (Fsp3) is 0.571. The summed E-state index contributed by atoms with van der Waals surface area (Å²) in [5.41, 5.74) is 1.60. The van der Waals surface area contributed by atoms with Crippen molar-refractivity contribution in [2.75, 3.05) is 20.3 Å². The topological polar surface area (TPSA) is 67.4 Å². The van der Waals surface area contributed by atoms with E-state index in [4.69, 9.17) is 16.3 Å². The number of ether oxygens (including phenoxy) is 1. The summed E-state index contributed by atoms with van der Waals surface area (Å²) in [4.78, 5) is 0.242. The first-order chi connectivity index (χ1) is 9.94. The minimum atomic E-state index is -3.60. The lowest BCUT2D eigenvalue weighted by Crippen LogP contribution is -2.40. The molecule has 1 atom stereocenters. The van der Waals surface area contributed by atoms with Crippen molar-refractivity contribution in [1.29, 1.82) is 0 Å². The highest BCUT2D eigenvalue weighted by atomic mass is 35.5. The minimum absolute atomic E-state index is 0.171. The van der Waals surface area contributed by atoms with Crippen LogP contribution in [0.25, 0.3) is 0 Å². The van der Waals surface area contributed by atoms with Crippen LogP contribution in [0.2, 0.25) is 5.02 Å². The first-order valence-electron chi connectivity index (χ1n) is 6.97. The summed E-state index contributed by atoms with van der Waals surface area (Å²) < 4.78 is 33.2. The second-order valence-electron chi connectivity index (χ2n) is 5.25. The SMILES string of the molecule is CNCc1cc(Cl)cc(S(=O)(=O)NC2CCCOC2)c1C. The van der Waals surface area contributed by atoms with Crippen LogP contribution in [-0.4, -0.2) is 34.7 Å². The Hall–Kier alpha value is -0.660. The number of sulfonamides is 1. The van der Waals surface area contributed by atoms with Gasteiger partial charge in [-0.05, 0) is 50.1 Å². The van der Waals surface area contributed by atoms with Gasteiger partial charge in [0.1, 0.15) is 0 Å². The van der Waals surface area contributed by atoms with Gasteiger partial charge in [-0.25, -0.2) is 13.1 Å². The highest BCUT2D eigenvalue weighted by molar-refractivity contribution is 7.89. The highest BCUT2D eigenvalue weighted by Gasteiger charge is 2.24. The first kappa shape index (κ1) is 16.7. The molecule has 0 spiro atoms. The third-order valence-corrected chi connectivity index (χ3v) is 5.44. The normalized spacial score (nSPS) is 19.7. The molecule has 1 aliphatic heterocycles. The van der Waals surface area contributed by atoms with Crippen LogP contribution in [0.15, 0.2) is 17.0 Å². The van der Waals surface area contributed by atoms with Crippen molar-refractivity contribution in [2.45, 2.75) is 37.2 Å². The molecule has 1 aromatic rings. The van der Waals surface area contributed by atoms with E-state index in [1.165, 1.54) is 6.07 Å². The van der Waals surface area contributed by atoms with Crippen molar-refractivity contribution >= 4 is 21.6 Å². The second-order valence-corrected chi connectivity index (χ2v) is 7.37. The van der Waals surface area contributed by atoms with Gasteiger partial charge in [-0.3, -0.25) is 0 Å². The van der Waals surface area contributed by atoms with Crippen LogP contribution >= 0.6 is 11.6 Å². The molecule has 2 rings (SSSR count). The molecule has 21 heavy (non-hydrogen) atoms. The molecule has 1 unspecified atom stereocenters. The van der Waals surface area contributed by atoms with E-state index >= 15 is 0 Å². The van der Waals surface area contributed by atoms with Gasteiger partial charge in [0.2, 0.25) is 10.0 Å². The summed E-state index contributed by atoms with van der Waals surface area (Å²) >= 11 is 6.06. The zero-order chi connectivity index (χ0) is 15.5. The summed E-state index contributed by atoms with van der Waals surface area (Å²) in [6.45, 7) is 3.49. The Labute approximate surface area is 131 Å². The predicted octanol–water partition coefficient (Wildman–Crippen LogP) is 1.83. The number of halogens is 1. The van der Waals surface area contributed by atoms with Crippen LogP contribution in [0.4, 0.5) is 0 Å². The summed E-state index contributed by atoms with van der Waals surface area (Å²) in [6.07, 6.45) is 1.66. The van der Waals surface area contributed by atoms with Crippen molar-refractivity contribution in [3.05, 3.63) is 28.3 Å². The average molecular weight is 333 g/mol. The molecule has 1 saturated heterocycles. The lowest BCUT2D eigenvalue weighted by Gasteiger charge is -2.23. The fourth-order valence-corrected chi connectivity index (χ4v) is 4.35. The molecular weight excluding hydrogens is 312 g/mol. The molecule has 0 aromatic heterocycles. The Morgan fingerprint density at radius 2 is 2.19 bits per heavy atom. The van der Waals surface area contributed by atoms with Crippen LogP contribution in [0.1, 0.15) is 24.0 Å². The van der Waals surface area contributed by atoms with E-state index in [0.717, 1.165) is 24.0 Å². The van der Waals surface area contributed by atoms with Crippen LogP contribution < -0.4 is 10.0 Å². The van der Waals surface area contributed by atoms with Crippen molar-refractivity contribution in [3.8, 4) is 0 Å². The number of benzene rings is 1. The number of hydrogen-bond acceptors (Lipinski definition) is 4. The minimum Gasteiger partial charge on any atom is -0.380 e. The van der Waals surface area contributed by atoms with Crippen molar-refractivity contribution in [1.82, 2.24) is 10.0 Å². The van der Waals surface area contributed by atoms with E-state index < -0.39 is 10.0 Å². The summed E-state index contributed by atoms with van der Waals surface area (Å²) in [5, 5.41) is 3.44. The maximum absolute atomic E-state index is 12.6. The Balaban J connectivity index is 2.30. The molecule has 2 N–H and O–H groups in total. The van der Waals surface area contributed by atoms with E-state index in [0.29, 0.717) is 24.8 Å². The van der Waals surface area contributed by atoms with Gasteiger partial charge in [0.15, 0.2) is 0 Å². The Morgan fingerprint density at radius 1 is 1.43 bits per heavy atom. The molecule has 5 nitrogen and oxygen atoms in total. The third kappa shape index (κ3) is 4.17. The van der Waals surface area contributed by atoms with Gasteiger partial charge in [-0.2, -0.15) is 0 Å². The quantitative estimate of drug-likeness (QED) is 0.863. The third-order valence-electron chi connectivity index (χ3n) is 3.57. The van der Waals surface area contributed by atoms with Gasteiger partial charge < -0.3 is 10.1 Å². The average Bonchev–Trinajstić information content (AvgIpc) is 2.43. The molecule has 0 amide bonds. The Kier molecular flexibility index (Phi) is 5.62. The molecule has 0 radical (unpaired) electrons. The van der Waals surface area contributed by atoms with Crippen LogP contribution in [0.5, 0.6) is 0 Å². The molecule has 7 heteroatoms. The second kappa shape index (κ2) is 7.07. The van der Waals surface area contributed by atoms with Gasteiger partial charge in [0.05, 0.1) is 11.5 Å². The highest BCUT2D eigenvalue weighted by Crippen LogP contribution is 2.25. The van der Waals surface area contributed by atoms with Crippen LogP contribution in [0.3, 0.4) is 0 Å². The maximum Gasteiger partial charge on any atom is 0.241 e. The predicted molar refractivity (Wildman–Crippen MR) is 83.1 cm³/mol. The zero-order valence-corrected chi connectivity index (χ0v) is 13.9. The fourth-order valence-electron chi connectivity index (χ4n) is 2.48. The monoisotopic (exact) mass is 332 g/mol. The van der Waals surface area contributed by atoms with Gasteiger partial charge in [0, 0.05) is 24.2 Å². The van der Waals surface area contributed by atoms with E-state index in [-0.39, 0.29) is 10.9 Å². The maximum atomic E-state index is 12.6. The lowest BCUT2D eigenvalue weighted by molar-refractivity contribution is 0.0774. The molecule has 118 valence electrons. The zero-order valence-electron chi connectivity index (χ0n) is 12.3. The molecule has 0 saturated carbocycles. The molecule has 1 aromatic carbocycles. The number of rotatable bonds is 5. The van der Waals surface area contributed by atoms with Gasteiger partial charge in [-0.1, -0.05) is 11.6 Å². The van der Waals surface area contributed by atoms with Crippen molar-refractivity contribution in [3.63, 3.8) is 0 Å². The summed E-state index contributed by atoms with van der Waals surface area (Å²) in [7, 11) is -1.78. The van der Waals surface area contributed by atoms with Crippen LogP contribution in [-0.2, 0) is 21.3 Å². The van der Waals surface area contributed by atoms with Gasteiger partial charge >= 0.3 is 0 Å². The summed E-state index contributed by atoms with van der Waals surface area (Å²) in [5.74, 6) is 0. The number of nitrogens with one attached hydrogen (secondary N) is 2.